The Kier molecular flexibility index (Phi) is 7.37. The molecule has 1 amide bonds. The molecule has 0 radical (unpaired) electrons. The van der Waals surface area contributed by atoms with Gasteiger partial charge in [-0.3, -0.25) is 19.8 Å². The van der Waals surface area contributed by atoms with Gasteiger partial charge < -0.3 is 15.0 Å². The number of nitrogens with zero attached hydrogens (tertiary/aromatic N) is 5. The third-order valence-corrected chi connectivity index (χ3v) is 6.40. The van der Waals surface area contributed by atoms with Crippen LogP contribution < -0.4 is 5.32 Å². The fourth-order valence-corrected chi connectivity index (χ4v) is 4.57. The van der Waals surface area contributed by atoms with E-state index in [4.69, 9.17) is 9.73 Å². The topological polar surface area (TPSA) is 116 Å². The fraction of sp³-hybridized carbons (Fsp3) is 0.409. The average Bonchev–Trinajstić information content (AvgIpc) is 3.34. The minimum Gasteiger partial charge on any atom is -0.463 e. The van der Waals surface area contributed by atoms with Crippen molar-refractivity contribution in [1.82, 2.24) is 30.3 Å². The summed E-state index contributed by atoms with van der Waals surface area (Å²) in [5.74, 6) is -0.0554. The van der Waals surface area contributed by atoms with Crippen LogP contribution in [0.3, 0.4) is 0 Å². The van der Waals surface area contributed by atoms with Crippen LogP contribution in [0.4, 0.5) is 4.39 Å². The molecule has 2 aliphatic heterocycles. The van der Waals surface area contributed by atoms with E-state index in [0.717, 1.165) is 0 Å². The quantitative estimate of drug-likeness (QED) is 0.543. The van der Waals surface area contributed by atoms with Crippen LogP contribution >= 0.6 is 15.9 Å². The Morgan fingerprint density at radius 3 is 2.65 bits per heavy atom. The first kappa shape index (κ1) is 24.0. The van der Waals surface area contributed by atoms with Gasteiger partial charge in [0, 0.05) is 49.8 Å². The number of esters is 1. The maximum Gasteiger partial charge on any atom is 0.338 e. The molecule has 1 saturated heterocycles. The van der Waals surface area contributed by atoms with E-state index in [1.807, 2.05) is 0 Å². The highest BCUT2D eigenvalue weighted by Crippen LogP contribution is 2.36. The number of benzene rings is 1. The summed E-state index contributed by atoms with van der Waals surface area (Å²) in [6, 6.07) is 3.50. The van der Waals surface area contributed by atoms with Crippen molar-refractivity contribution in [1.29, 1.82) is 0 Å². The van der Waals surface area contributed by atoms with Crippen molar-refractivity contribution in [3.8, 4) is 0 Å². The SMILES string of the molecule is CCOC(=O)C1=C(CN2CCN(C(C)=O)CC2)NC(c2ncn[nH]2)=NC1c1ccc(F)cc1Br. The largest absolute Gasteiger partial charge is 0.463 e. The standard InChI is InChI=1S/C22H25BrFN7O3/c1-3-34-22(33)18-17(11-30-6-8-31(9-7-30)13(2)32)27-21(20-25-12-26-29-20)28-19(18)15-5-4-14(24)10-16(15)23/h4-5,10,12,19H,3,6-9,11H2,1-2H3,(H,27,28)(H,25,26,29). The van der Waals surface area contributed by atoms with Gasteiger partial charge in [0.1, 0.15) is 18.2 Å². The molecule has 0 aliphatic carbocycles. The normalized spacial score (nSPS) is 19.0. The molecule has 3 heterocycles. The minimum absolute atomic E-state index is 0.0443. The molecule has 2 aliphatic rings. The van der Waals surface area contributed by atoms with Crippen molar-refractivity contribution in [3.05, 3.63) is 57.5 Å². The maximum atomic E-state index is 13.8. The summed E-state index contributed by atoms with van der Waals surface area (Å²) >= 11 is 3.42. The van der Waals surface area contributed by atoms with Crippen molar-refractivity contribution in [2.45, 2.75) is 19.9 Å². The van der Waals surface area contributed by atoms with Crippen molar-refractivity contribution < 1.29 is 18.7 Å². The number of H-pyrrole nitrogens is 1. The van der Waals surface area contributed by atoms with E-state index in [0.29, 0.717) is 65.7 Å². The lowest BCUT2D eigenvalue weighted by Crippen LogP contribution is -2.50. The van der Waals surface area contributed by atoms with Crippen LogP contribution in [-0.2, 0) is 14.3 Å². The molecule has 2 aromatic rings. The average molecular weight is 534 g/mol. The summed E-state index contributed by atoms with van der Waals surface area (Å²) in [6.07, 6.45) is 1.37. The summed E-state index contributed by atoms with van der Waals surface area (Å²) in [4.78, 5) is 37.7. The number of amidine groups is 1. The number of nitrogens with one attached hydrogen (secondary N) is 2. The van der Waals surface area contributed by atoms with Gasteiger partial charge in [-0.1, -0.05) is 22.0 Å². The van der Waals surface area contributed by atoms with Gasteiger partial charge >= 0.3 is 5.97 Å². The van der Waals surface area contributed by atoms with Crippen LogP contribution in [0.2, 0.25) is 0 Å². The molecule has 180 valence electrons. The number of aliphatic imine (C=N–C) groups is 1. The molecule has 34 heavy (non-hydrogen) atoms. The van der Waals surface area contributed by atoms with Crippen LogP contribution in [0.5, 0.6) is 0 Å². The van der Waals surface area contributed by atoms with Crippen LogP contribution in [0.1, 0.15) is 31.3 Å². The zero-order valence-electron chi connectivity index (χ0n) is 18.8. The summed E-state index contributed by atoms with van der Waals surface area (Å²) < 4.78 is 19.7. The number of carbonyl (C=O) groups excluding carboxylic acids is 2. The van der Waals surface area contributed by atoms with E-state index >= 15 is 0 Å². The molecule has 2 N–H and O–H groups in total. The second-order valence-corrected chi connectivity index (χ2v) is 8.75. The number of rotatable bonds is 6. The number of piperazine rings is 1. The zero-order valence-corrected chi connectivity index (χ0v) is 20.4. The molecular formula is C22H25BrFN7O3. The zero-order chi connectivity index (χ0) is 24.2. The second kappa shape index (κ2) is 10.4. The second-order valence-electron chi connectivity index (χ2n) is 7.90. The highest BCUT2D eigenvalue weighted by molar-refractivity contribution is 9.10. The van der Waals surface area contributed by atoms with Gasteiger partial charge in [0.2, 0.25) is 5.91 Å². The number of ether oxygens (including phenoxy) is 1. The third kappa shape index (κ3) is 5.17. The Morgan fingerprint density at radius 2 is 2.03 bits per heavy atom. The first-order valence-corrected chi connectivity index (χ1v) is 11.7. The number of hydrogen-bond donors (Lipinski definition) is 2. The molecule has 4 rings (SSSR count). The van der Waals surface area contributed by atoms with Crippen LogP contribution in [0.15, 0.2) is 45.3 Å². The summed E-state index contributed by atoms with van der Waals surface area (Å²) in [6.45, 7) is 6.42. The lowest BCUT2D eigenvalue weighted by atomic mass is 9.95. The molecule has 1 aromatic heterocycles. The molecular weight excluding hydrogens is 509 g/mol. The molecule has 0 saturated carbocycles. The van der Waals surface area contributed by atoms with Gasteiger partial charge in [-0.2, -0.15) is 5.10 Å². The highest BCUT2D eigenvalue weighted by Gasteiger charge is 2.35. The van der Waals surface area contributed by atoms with Crippen molar-refractivity contribution >= 4 is 33.6 Å². The van der Waals surface area contributed by atoms with Crippen LogP contribution in [0.25, 0.3) is 0 Å². The van der Waals surface area contributed by atoms with Gasteiger partial charge in [0.25, 0.3) is 0 Å². The van der Waals surface area contributed by atoms with Crippen LogP contribution in [-0.4, -0.2) is 82.0 Å². The lowest BCUT2D eigenvalue weighted by molar-refractivity contribution is -0.139. The summed E-state index contributed by atoms with van der Waals surface area (Å²) in [5.41, 5.74) is 1.56. The molecule has 1 atom stereocenters. The summed E-state index contributed by atoms with van der Waals surface area (Å²) in [5, 5.41) is 9.93. The number of amides is 1. The molecule has 10 nitrogen and oxygen atoms in total. The molecule has 1 aromatic carbocycles. The van der Waals surface area contributed by atoms with E-state index in [2.05, 4.69) is 41.3 Å². The molecule has 0 bridgehead atoms. The maximum absolute atomic E-state index is 13.8. The first-order valence-electron chi connectivity index (χ1n) is 10.9. The predicted octanol–water partition coefficient (Wildman–Crippen LogP) is 1.78. The smallest absolute Gasteiger partial charge is 0.338 e. The molecule has 1 unspecified atom stereocenters. The van der Waals surface area contributed by atoms with E-state index in [1.165, 1.54) is 18.5 Å². The summed E-state index contributed by atoms with van der Waals surface area (Å²) in [7, 11) is 0. The predicted molar refractivity (Wildman–Crippen MR) is 125 cm³/mol. The highest BCUT2D eigenvalue weighted by atomic mass is 79.9. The van der Waals surface area contributed by atoms with E-state index in [1.54, 1.807) is 24.8 Å². The first-order chi connectivity index (χ1) is 16.4. The Balaban J connectivity index is 1.74. The lowest BCUT2D eigenvalue weighted by Gasteiger charge is -2.36. The Bertz CT molecular complexity index is 1130. The van der Waals surface area contributed by atoms with Crippen molar-refractivity contribution in [2.75, 3.05) is 39.3 Å². The number of aromatic nitrogens is 3. The monoisotopic (exact) mass is 533 g/mol. The Morgan fingerprint density at radius 1 is 1.26 bits per heavy atom. The Hall–Kier alpha value is -3.12. The third-order valence-electron chi connectivity index (χ3n) is 5.72. The van der Waals surface area contributed by atoms with E-state index in [9.17, 15) is 14.0 Å². The van der Waals surface area contributed by atoms with Gasteiger partial charge in [-0.15, -0.1) is 0 Å². The molecule has 0 spiro atoms. The van der Waals surface area contributed by atoms with Gasteiger partial charge in [-0.05, 0) is 24.6 Å². The number of aromatic amines is 1. The number of carbonyl (C=O) groups is 2. The van der Waals surface area contributed by atoms with Gasteiger partial charge in [0.05, 0.1) is 12.2 Å². The van der Waals surface area contributed by atoms with E-state index < -0.39 is 17.8 Å². The van der Waals surface area contributed by atoms with Crippen molar-refractivity contribution in [3.63, 3.8) is 0 Å². The Labute approximate surface area is 204 Å². The molecule has 1 fully saturated rings. The van der Waals surface area contributed by atoms with Crippen LogP contribution in [0, 0.1) is 5.82 Å². The molecule has 12 heteroatoms. The van der Waals surface area contributed by atoms with E-state index in [-0.39, 0.29) is 12.5 Å². The minimum atomic E-state index is -0.760. The fourth-order valence-electron chi connectivity index (χ4n) is 4.00. The number of hydrogen-bond acceptors (Lipinski definition) is 8. The van der Waals surface area contributed by atoms with Gasteiger partial charge in [-0.25, -0.2) is 14.2 Å². The van der Waals surface area contributed by atoms with Gasteiger partial charge in [0.15, 0.2) is 11.7 Å². The van der Waals surface area contributed by atoms with Crippen molar-refractivity contribution in [2.24, 2.45) is 4.99 Å². The number of halogens is 2.